The van der Waals surface area contributed by atoms with Gasteiger partial charge < -0.3 is 15.4 Å². The van der Waals surface area contributed by atoms with Crippen molar-refractivity contribution in [1.82, 2.24) is 4.37 Å². The van der Waals surface area contributed by atoms with Crippen molar-refractivity contribution >= 4 is 22.4 Å². The second kappa shape index (κ2) is 5.34. The fraction of sp³-hybridized carbons (Fsp3) is 0.636. The highest BCUT2D eigenvalue weighted by Gasteiger charge is 2.22. The minimum atomic E-state index is 0.268. The van der Waals surface area contributed by atoms with E-state index in [1.165, 1.54) is 11.5 Å². The van der Waals surface area contributed by atoms with Gasteiger partial charge in [-0.25, -0.2) is 0 Å². The fourth-order valence-electron chi connectivity index (χ4n) is 2.00. The number of nitrogens with two attached hydrogens (primary N) is 1. The average molecular weight is 252 g/mol. The van der Waals surface area contributed by atoms with Crippen molar-refractivity contribution < 1.29 is 4.74 Å². The second-order valence-corrected chi connectivity index (χ2v) is 4.79. The lowest BCUT2D eigenvalue weighted by Crippen LogP contribution is -2.31. The van der Waals surface area contributed by atoms with E-state index in [-0.39, 0.29) is 6.10 Å². The lowest BCUT2D eigenvalue weighted by Gasteiger charge is -2.24. The summed E-state index contributed by atoms with van der Waals surface area (Å²) in [4.78, 5) is 2.13. The van der Waals surface area contributed by atoms with Crippen molar-refractivity contribution in [1.29, 1.82) is 5.26 Å². The summed E-state index contributed by atoms with van der Waals surface area (Å²) in [6.07, 6.45) is 2.48. The van der Waals surface area contributed by atoms with E-state index in [0.29, 0.717) is 11.4 Å². The smallest absolute Gasteiger partial charge is 0.157 e. The van der Waals surface area contributed by atoms with E-state index in [4.69, 9.17) is 15.7 Å². The number of nitrogen functional groups attached to an aromatic ring is 1. The molecule has 0 aliphatic carbocycles. The van der Waals surface area contributed by atoms with Crippen LogP contribution in [-0.2, 0) is 4.74 Å². The van der Waals surface area contributed by atoms with E-state index in [9.17, 15) is 0 Å². The Morgan fingerprint density at radius 2 is 2.53 bits per heavy atom. The highest BCUT2D eigenvalue weighted by Crippen LogP contribution is 2.30. The van der Waals surface area contributed by atoms with E-state index in [1.54, 1.807) is 0 Å². The van der Waals surface area contributed by atoms with Gasteiger partial charge in [0.15, 0.2) is 5.82 Å². The van der Waals surface area contributed by atoms with E-state index >= 15 is 0 Å². The number of hydrogen-bond donors (Lipinski definition) is 1. The Morgan fingerprint density at radius 1 is 1.71 bits per heavy atom. The molecule has 2 rings (SSSR count). The largest absolute Gasteiger partial charge is 0.382 e. The predicted molar refractivity (Wildman–Crippen MR) is 68.1 cm³/mol. The topological polar surface area (TPSA) is 75.2 Å². The van der Waals surface area contributed by atoms with Crippen LogP contribution in [0.4, 0.5) is 10.8 Å². The van der Waals surface area contributed by atoms with Crippen LogP contribution in [0.2, 0.25) is 0 Å². The maximum Gasteiger partial charge on any atom is 0.157 e. The summed E-state index contributed by atoms with van der Waals surface area (Å²) >= 11 is 1.29. The number of ether oxygens (including phenoxy) is 1. The molecular weight excluding hydrogens is 236 g/mol. The quantitative estimate of drug-likeness (QED) is 0.881. The molecule has 6 heteroatoms. The molecule has 1 aliphatic rings. The molecule has 0 spiro atoms. The van der Waals surface area contributed by atoms with Crippen LogP contribution in [0.1, 0.15) is 25.3 Å². The molecule has 1 aromatic heterocycles. The Balaban J connectivity index is 2.14. The molecule has 1 aliphatic heterocycles. The molecular formula is C11H16N4OS. The summed E-state index contributed by atoms with van der Waals surface area (Å²) in [5.74, 6) is 0.332. The Kier molecular flexibility index (Phi) is 3.82. The molecule has 17 heavy (non-hydrogen) atoms. The molecule has 2 N–H and O–H groups in total. The van der Waals surface area contributed by atoms with Crippen LogP contribution in [-0.4, -0.2) is 30.2 Å². The van der Waals surface area contributed by atoms with Gasteiger partial charge in [-0.15, -0.1) is 0 Å². The molecule has 0 radical (unpaired) electrons. The monoisotopic (exact) mass is 252 g/mol. The molecule has 0 bridgehead atoms. The number of likely N-dealkylation sites (N-methyl/N-ethyl adjacent to an activating group) is 1. The molecule has 1 unspecified atom stereocenters. The van der Waals surface area contributed by atoms with Crippen molar-refractivity contribution in [2.45, 2.75) is 25.9 Å². The number of nitrogens with zero attached hydrogens (tertiary/aromatic N) is 3. The van der Waals surface area contributed by atoms with Crippen LogP contribution in [0.5, 0.6) is 0 Å². The molecule has 0 amide bonds. The van der Waals surface area contributed by atoms with Gasteiger partial charge in [0.1, 0.15) is 16.6 Å². The summed E-state index contributed by atoms with van der Waals surface area (Å²) in [5, 5.41) is 9.94. The lowest BCUT2D eigenvalue weighted by molar-refractivity contribution is 0.116. The third-order valence-corrected chi connectivity index (χ3v) is 3.85. The fourth-order valence-corrected chi connectivity index (χ4v) is 2.84. The van der Waals surface area contributed by atoms with Gasteiger partial charge in [-0.2, -0.15) is 9.64 Å². The third kappa shape index (κ3) is 2.51. The van der Waals surface area contributed by atoms with Gasteiger partial charge in [0.2, 0.25) is 0 Å². The van der Waals surface area contributed by atoms with Crippen LogP contribution in [0, 0.1) is 11.3 Å². The Labute approximate surface area is 105 Å². The molecule has 1 fully saturated rings. The number of aromatic nitrogens is 1. The van der Waals surface area contributed by atoms with E-state index in [2.05, 4.69) is 22.3 Å². The van der Waals surface area contributed by atoms with E-state index in [0.717, 1.165) is 37.5 Å². The molecule has 1 atom stereocenters. The maximum atomic E-state index is 9.07. The molecule has 2 heterocycles. The lowest BCUT2D eigenvalue weighted by atomic mass is 10.2. The zero-order valence-electron chi connectivity index (χ0n) is 9.85. The SMILES string of the molecule is CCN(CC1CCCO1)c1snc(N)c1C#N. The van der Waals surface area contributed by atoms with Crippen molar-refractivity contribution in [2.75, 3.05) is 30.3 Å². The summed E-state index contributed by atoms with van der Waals surface area (Å²) < 4.78 is 9.66. The molecule has 1 aromatic rings. The minimum Gasteiger partial charge on any atom is -0.382 e. The minimum absolute atomic E-state index is 0.268. The van der Waals surface area contributed by atoms with Gasteiger partial charge in [-0.05, 0) is 31.3 Å². The first-order chi connectivity index (χ1) is 8.26. The van der Waals surface area contributed by atoms with Crippen LogP contribution in [0.3, 0.4) is 0 Å². The third-order valence-electron chi connectivity index (χ3n) is 2.93. The van der Waals surface area contributed by atoms with Gasteiger partial charge in [0.25, 0.3) is 0 Å². The Hall–Kier alpha value is -1.32. The first-order valence-electron chi connectivity index (χ1n) is 5.78. The van der Waals surface area contributed by atoms with Crippen molar-refractivity contribution in [3.63, 3.8) is 0 Å². The van der Waals surface area contributed by atoms with Gasteiger partial charge in [-0.3, -0.25) is 0 Å². The molecule has 0 saturated carbocycles. The zero-order chi connectivity index (χ0) is 12.3. The van der Waals surface area contributed by atoms with Crippen LogP contribution < -0.4 is 10.6 Å². The van der Waals surface area contributed by atoms with Gasteiger partial charge >= 0.3 is 0 Å². The summed E-state index contributed by atoms with van der Waals surface area (Å²) in [5.41, 5.74) is 6.17. The van der Waals surface area contributed by atoms with Gasteiger partial charge in [0.05, 0.1) is 6.10 Å². The Bertz CT molecular complexity index is 420. The van der Waals surface area contributed by atoms with Gasteiger partial charge in [-0.1, -0.05) is 0 Å². The van der Waals surface area contributed by atoms with Crippen molar-refractivity contribution in [2.24, 2.45) is 0 Å². The normalized spacial score (nSPS) is 19.2. The number of anilines is 2. The van der Waals surface area contributed by atoms with Crippen LogP contribution in [0.25, 0.3) is 0 Å². The molecule has 0 aromatic carbocycles. The Morgan fingerprint density at radius 3 is 3.12 bits per heavy atom. The standard InChI is InChI=1S/C11H16N4OS/c1-2-15(7-8-4-3-5-16-8)11-9(6-12)10(13)14-17-11/h8H,2-5,7H2,1H3,(H2,13,14). The van der Waals surface area contributed by atoms with Crippen LogP contribution >= 0.6 is 11.5 Å². The first-order valence-corrected chi connectivity index (χ1v) is 6.55. The number of nitriles is 1. The van der Waals surface area contributed by atoms with Gasteiger partial charge in [0, 0.05) is 19.7 Å². The van der Waals surface area contributed by atoms with Crippen molar-refractivity contribution in [3.8, 4) is 6.07 Å². The highest BCUT2D eigenvalue weighted by molar-refractivity contribution is 7.10. The summed E-state index contributed by atoms with van der Waals surface area (Å²) in [6.45, 7) is 4.55. The van der Waals surface area contributed by atoms with E-state index < -0.39 is 0 Å². The summed E-state index contributed by atoms with van der Waals surface area (Å²) in [7, 11) is 0. The molecule has 1 saturated heterocycles. The maximum absolute atomic E-state index is 9.07. The molecule has 5 nitrogen and oxygen atoms in total. The number of hydrogen-bond acceptors (Lipinski definition) is 6. The van der Waals surface area contributed by atoms with Crippen LogP contribution in [0.15, 0.2) is 0 Å². The zero-order valence-corrected chi connectivity index (χ0v) is 10.7. The average Bonchev–Trinajstić information content (AvgIpc) is 2.95. The van der Waals surface area contributed by atoms with Crippen molar-refractivity contribution in [3.05, 3.63) is 5.56 Å². The molecule has 92 valence electrons. The summed E-state index contributed by atoms with van der Waals surface area (Å²) in [6, 6.07) is 2.12. The second-order valence-electron chi connectivity index (χ2n) is 4.03. The number of rotatable bonds is 4. The highest BCUT2D eigenvalue weighted by atomic mass is 32.1. The first kappa shape index (κ1) is 12.1. The predicted octanol–water partition coefficient (Wildman–Crippen LogP) is 1.60. The van der Waals surface area contributed by atoms with E-state index in [1.807, 2.05) is 0 Å².